The van der Waals surface area contributed by atoms with Crippen LogP contribution in [0.1, 0.15) is 17.0 Å². The van der Waals surface area contributed by atoms with Crippen LogP contribution in [0.4, 0.5) is 5.69 Å². The fourth-order valence-electron chi connectivity index (χ4n) is 2.53. The van der Waals surface area contributed by atoms with Crippen LogP contribution in [0.15, 0.2) is 60.3 Å². The number of amides is 1. The lowest BCUT2D eigenvalue weighted by molar-refractivity contribution is -0.114. The third-order valence-electron chi connectivity index (χ3n) is 3.44. The minimum absolute atomic E-state index is 0.165. The molecule has 2 aromatic rings. The van der Waals surface area contributed by atoms with E-state index in [1.807, 2.05) is 48.5 Å². The maximum absolute atomic E-state index is 11.7. The number of primary amides is 1. The summed E-state index contributed by atoms with van der Waals surface area (Å²) in [6, 6.07) is 15.4. The van der Waals surface area contributed by atoms with Crippen LogP contribution < -0.4 is 11.1 Å². The van der Waals surface area contributed by atoms with E-state index in [2.05, 4.69) is 5.32 Å². The summed E-state index contributed by atoms with van der Waals surface area (Å²) >= 11 is 6.02. The van der Waals surface area contributed by atoms with Gasteiger partial charge in [0, 0.05) is 28.4 Å². The normalized spacial score (nSPS) is 16.9. The Morgan fingerprint density at radius 3 is 2.60 bits per heavy atom. The molecule has 3 N–H and O–H groups in total. The molecule has 1 aliphatic rings. The molecule has 0 fully saturated rings. The van der Waals surface area contributed by atoms with Crippen molar-refractivity contribution in [2.45, 2.75) is 5.92 Å². The SMILES string of the molecule is NC(=O)C1=CNc2cc(Cl)ccc2C1c1ccccc1. The largest absolute Gasteiger partial charge is 0.366 e. The number of hydrogen-bond donors (Lipinski definition) is 2. The molecule has 0 aromatic heterocycles. The van der Waals surface area contributed by atoms with Crippen molar-refractivity contribution in [1.29, 1.82) is 0 Å². The van der Waals surface area contributed by atoms with Gasteiger partial charge in [-0.15, -0.1) is 0 Å². The fourth-order valence-corrected chi connectivity index (χ4v) is 2.70. The molecule has 1 amide bonds. The second-order valence-corrected chi connectivity index (χ2v) is 5.12. The van der Waals surface area contributed by atoms with Crippen LogP contribution in [0.3, 0.4) is 0 Å². The van der Waals surface area contributed by atoms with E-state index < -0.39 is 5.91 Å². The van der Waals surface area contributed by atoms with Gasteiger partial charge in [-0.1, -0.05) is 48.0 Å². The quantitative estimate of drug-likeness (QED) is 0.889. The van der Waals surface area contributed by atoms with Crippen LogP contribution in [-0.2, 0) is 4.79 Å². The van der Waals surface area contributed by atoms with Gasteiger partial charge in [-0.2, -0.15) is 0 Å². The first-order chi connectivity index (χ1) is 9.66. The van der Waals surface area contributed by atoms with Crippen molar-refractivity contribution in [3.63, 3.8) is 0 Å². The molecule has 3 nitrogen and oxygen atoms in total. The predicted molar refractivity (Wildman–Crippen MR) is 80.6 cm³/mol. The lowest BCUT2D eigenvalue weighted by Crippen LogP contribution is -2.24. The van der Waals surface area contributed by atoms with Gasteiger partial charge in [0.1, 0.15) is 0 Å². The molecule has 2 aromatic carbocycles. The maximum atomic E-state index is 11.7. The molecule has 0 bridgehead atoms. The van der Waals surface area contributed by atoms with Crippen molar-refractivity contribution in [1.82, 2.24) is 0 Å². The van der Waals surface area contributed by atoms with Gasteiger partial charge >= 0.3 is 0 Å². The number of carbonyl (C=O) groups excluding carboxylic acids is 1. The topological polar surface area (TPSA) is 55.1 Å². The average Bonchev–Trinajstić information content (AvgIpc) is 2.46. The molecule has 3 rings (SSSR count). The number of carbonyl (C=O) groups is 1. The van der Waals surface area contributed by atoms with E-state index in [4.69, 9.17) is 17.3 Å². The summed E-state index contributed by atoms with van der Waals surface area (Å²) < 4.78 is 0. The van der Waals surface area contributed by atoms with E-state index in [0.29, 0.717) is 10.6 Å². The molecule has 0 aliphatic carbocycles. The minimum Gasteiger partial charge on any atom is -0.366 e. The van der Waals surface area contributed by atoms with Gasteiger partial charge in [-0.05, 0) is 23.3 Å². The average molecular weight is 285 g/mol. The van der Waals surface area contributed by atoms with E-state index in [1.165, 1.54) is 0 Å². The molecule has 1 aliphatic heterocycles. The first-order valence-corrected chi connectivity index (χ1v) is 6.65. The van der Waals surface area contributed by atoms with Crippen molar-refractivity contribution >= 4 is 23.2 Å². The van der Waals surface area contributed by atoms with E-state index in [1.54, 1.807) is 6.20 Å². The van der Waals surface area contributed by atoms with E-state index >= 15 is 0 Å². The summed E-state index contributed by atoms with van der Waals surface area (Å²) in [5.41, 5.74) is 8.98. The third-order valence-corrected chi connectivity index (χ3v) is 3.67. The summed E-state index contributed by atoms with van der Waals surface area (Å²) in [5.74, 6) is -0.589. The number of rotatable bonds is 2. The number of nitrogens with one attached hydrogen (secondary N) is 1. The summed E-state index contributed by atoms with van der Waals surface area (Å²) in [4.78, 5) is 11.7. The Kier molecular flexibility index (Phi) is 3.20. The van der Waals surface area contributed by atoms with Crippen LogP contribution in [0.5, 0.6) is 0 Å². The predicted octanol–water partition coefficient (Wildman–Crippen LogP) is 3.27. The number of nitrogens with two attached hydrogens (primary N) is 1. The molecule has 100 valence electrons. The van der Waals surface area contributed by atoms with Crippen molar-refractivity contribution in [3.05, 3.63) is 76.5 Å². The van der Waals surface area contributed by atoms with Crippen LogP contribution in [0.25, 0.3) is 0 Å². The summed E-state index contributed by atoms with van der Waals surface area (Å²) in [5, 5.41) is 3.74. The first kappa shape index (κ1) is 12.8. The standard InChI is InChI=1S/C16H13ClN2O/c17-11-6-7-12-14(8-11)19-9-13(16(18)20)15(12)10-4-2-1-3-5-10/h1-9,15,19H,(H2,18,20). The number of hydrogen-bond acceptors (Lipinski definition) is 2. The number of fused-ring (bicyclic) bond motifs is 1. The van der Waals surface area contributed by atoms with Crippen molar-refractivity contribution in [3.8, 4) is 0 Å². The van der Waals surface area contributed by atoms with E-state index in [0.717, 1.165) is 16.8 Å². The fraction of sp³-hybridized carbons (Fsp3) is 0.0625. The first-order valence-electron chi connectivity index (χ1n) is 6.27. The molecule has 0 saturated carbocycles. The molecule has 1 atom stereocenters. The maximum Gasteiger partial charge on any atom is 0.247 e. The molecular weight excluding hydrogens is 272 g/mol. The second-order valence-electron chi connectivity index (χ2n) is 4.68. The lowest BCUT2D eigenvalue weighted by Gasteiger charge is -2.26. The Morgan fingerprint density at radius 2 is 1.90 bits per heavy atom. The van der Waals surface area contributed by atoms with Crippen molar-refractivity contribution < 1.29 is 4.79 Å². The van der Waals surface area contributed by atoms with Crippen molar-refractivity contribution in [2.24, 2.45) is 5.73 Å². The van der Waals surface area contributed by atoms with Crippen LogP contribution >= 0.6 is 11.6 Å². The summed E-state index contributed by atoms with van der Waals surface area (Å²) in [7, 11) is 0. The zero-order valence-corrected chi connectivity index (χ0v) is 11.4. The van der Waals surface area contributed by atoms with Gasteiger partial charge in [-0.25, -0.2) is 0 Å². The highest BCUT2D eigenvalue weighted by Crippen LogP contribution is 2.40. The van der Waals surface area contributed by atoms with Gasteiger partial charge in [0.25, 0.3) is 0 Å². The molecule has 20 heavy (non-hydrogen) atoms. The third kappa shape index (κ3) is 2.17. The van der Waals surface area contributed by atoms with Crippen molar-refractivity contribution in [2.75, 3.05) is 5.32 Å². The van der Waals surface area contributed by atoms with Gasteiger partial charge < -0.3 is 11.1 Å². The Hall–Kier alpha value is -2.26. The Morgan fingerprint density at radius 1 is 1.15 bits per heavy atom. The molecular formula is C16H13ClN2O. The zero-order valence-electron chi connectivity index (χ0n) is 10.6. The highest BCUT2D eigenvalue weighted by molar-refractivity contribution is 6.30. The van der Waals surface area contributed by atoms with E-state index in [9.17, 15) is 4.79 Å². The molecule has 0 saturated heterocycles. The molecule has 0 spiro atoms. The molecule has 1 heterocycles. The zero-order chi connectivity index (χ0) is 14.1. The highest BCUT2D eigenvalue weighted by atomic mass is 35.5. The van der Waals surface area contributed by atoms with Gasteiger partial charge in [-0.3, -0.25) is 4.79 Å². The van der Waals surface area contributed by atoms with Gasteiger partial charge in [0.2, 0.25) is 5.91 Å². The van der Waals surface area contributed by atoms with Crippen LogP contribution in [0.2, 0.25) is 5.02 Å². The minimum atomic E-state index is -0.424. The number of anilines is 1. The molecule has 1 unspecified atom stereocenters. The Labute approximate surface area is 122 Å². The van der Waals surface area contributed by atoms with Crippen LogP contribution in [-0.4, -0.2) is 5.91 Å². The number of benzene rings is 2. The van der Waals surface area contributed by atoms with Gasteiger partial charge in [0.05, 0.1) is 0 Å². The summed E-state index contributed by atoms with van der Waals surface area (Å²) in [6.45, 7) is 0. The number of halogens is 1. The molecule has 0 radical (unpaired) electrons. The lowest BCUT2D eigenvalue weighted by atomic mass is 9.82. The monoisotopic (exact) mass is 284 g/mol. The van der Waals surface area contributed by atoms with Gasteiger partial charge in [0.15, 0.2) is 0 Å². The van der Waals surface area contributed by atoms with Crippen LogP contribution in [0, 0.1) is 0 Å². The second kappa shape index (κ2) is 5.02. The Balaban J connectivity index is 2.18. The highest BCUT2D eigenvalue weighted by Gasteiger charge is 2.28. The summed E-state index contributed by atoms with van der Waals surface area (Å²) in [6.07, 6.45) is 1.67. The molecule has 4 heteroatoms. The van der Waals surface area contributed by atoms with E-state index in [-0.39, 0.29) is 5.92 Å². The smallest absolute Gasteiger partial charge is 0.247 e. The Bertz CT molecular complexity index is 695.